The molecule has 0 saturated carbocycles. The predicted octanol–water partition coefficient (Wildman–Crippen LogP) is 15.9. The molecule has 331 valence electrons. The Kier molecular flexibility index (Phi) is 7.77. The first-order chi connectivity index (χ1) is 32.6. The van der Waals surface area contributed by atoms with E-state index in [1.54, 1.807) is 0 Å². The van der Waals surface area contributed by atoms with Crippen LogP contribution in [-0.4, -0.2) is 11.8 Å². The van der Waals surface area contributed by atoms with Crippen molar-refractivity contribution in [1.29, 1.82) is 0 Å². The van der Waals surface area contributed by atoms with Crippen molar-refractivity contribution in [3.63, 3.8) is 0 Å². The molecule has 1 aliphatic heterocycles. The first-order valence-electron chi connectivity index (χ1n) is 24.5. The number of aromatic nitrogens is 1. The summed E-state index contributed by atoms with van der Waals surface area (Å²) in [7, 11) is 2.51. The van der Waals surface area contributed by atoms with Crippen LogP contribution in [-0.2, 0) is 21.7 Å². The lowest BCUT2D eigenvalue weighted by atomic mass is 9.57. The van der Waals surface area contributed by atoms with E-state index in [0.717, 1.165) is 79.2 Å². The summed E-state index contributed by atoms with van der Waals surface area (Å²) in [5.74, 6) is 0. The normalized spacial score (nSPS) is 16.4. The van der Waals surface area contributed by atoms with Gasteiger partial charge in [0.1, 0.15) is 22.3 Å². The average molecular weight is 882 g/mol. The van der Waals surface area contributed by atoms with Crippen LogP contribution in [0.15, 0.2) is 142 Å². The van der Waals surface area contributed by atoms with Gasteiger partial charge in [-0.3, -0.25) is 0 Å². The summed E-state index contributed by atoms with van der Waals surface area (Å²) < 4.78 is 16.6. The fraction of sp³-hybridized carbons (Fsp3) is 0.238. The van der Waals surface area contributed by atoms with E-state index in [9.17, 15) is 0 Å². The number of fused-ring (bicyclic) bond motifs is 16. The molecule has 0 atom stereocenters. The summed E-state index contributed by atoms with van der Waals surface area (Å²) in [4.78, 5) is 0. The molecule has 0 spiro atoms. The number of anilines is 2. The minimum atomic E-state index is -0.154. The number of nitrogens with one attached hydrogen (secondary N) is 1. The Labute approximate surface area is 398 Å². The highest BCUT2D eigenvalue weighted by atomic mass is 16.3. The Morgan fingerprint density at radius 2 is 1.24 bits per heavy atom. The molecule has 0 amide bonds. The largest absolute Gasteiger partial charge is 0.456 e. The quantitative estimate of drug-likeness (QED) is 0.180. The van der Waals surface area contributed by atoms with Crippen molar-refractivity contribution >= 4 is 95.3 Å². The molecule has 4 nitrogen and oxygen atoms in total. The van der Waals surface area contributed by atoms with E-state index in [4.69, 9.17) is 8.83 Å². The number of para-hydroxylation sites is 2. The summed E-state index contributed by atoms with van der Waals surface area (Å²) in [6.45, 7) is 21.4. The van der Waals surface area contributed by atoms with Gasteiger partial charge in [-0.2, -0.15) is 0 Å². The van der Waals surface area contributed by atoms with Gasteiger partial charge in [-0.05, 0) is 128 Å². The van der Waals surface area contributed by atoms with Gasteiger partial charge >= 0.3 is 0 Å². The van der Waals surface area contributed by atoms with Crippen molar-refractivity contribution in [2.75, 3.05) is 5.32 Å². The van der Waals surface area contributed by atoms with Crippen LogP contribution < -0.4 is 16.2 Å². The topological polar surface area (TPSA) is 43.2 Å². The Balaban J connectivity index is 1.16. The van der Waals surface area contributed by atoms with Crippen LogP contribution in [0.3, 0.4) is 0 Å². The highest BCUT2D eigenvalue weighted by molar-refractivity contribution is 6.74. The summed E-state index contributed by atoms with van der Waals surface area (Å²) in [5, 5.41) is 10.8. The monoisotopic (exact) mass is 881 g/mol. The maximum Gasteiger partial charge on any atom is 0.197 e. The van der Waals surface area contributed by atoms with E-state index in [1.165, 1.54) is 77.4 Å². The molecule has 11 aromatic rings. The SMILES string of the molecule is CC(C)(C)c1ccc(Nc2cc3oc4ccccc4c3cc2-c2c3c4c(c5cc6c(cc5n4-c4cc5c(cc4[B]3)C(C)(C)c3ccccc3-5)C(C)(C)CCC6(C)C)c3oc4ccccc4c23)cc1. The van der Waals surface area contributed by atoms with Crippen molar-refractivity contribution in [3.05, 3.63) is 161 Å². The van der Waals surface area contributed by atoms with Gasteiger partial charge in [0.2, 0.25) is 0 Å². The molecule has 0 fully saturated rings. The highest BCUT2D eigenvalue weighted by Crippen LogP contribution is 2.54. The van der Waals surface area contributed by atoms with E-state index in [-0.39, 0.29) is 21.7 Å². The molecule has 0 bridgehead atoms. The molecule has 3 aliphatic rings. The minimum Gasteiger partial charge on any atom is -0.456 e. The van der Waals surface area contributed by atoms with E-state index in [0.29, 0.717) is 0 Å². The molecule has 14 rings (SSSR count). The average Bonchev–Trinajstić information content (AvgIpc) is 4.04. The lowest BCUT2D eigenvalue weighted by molar-refractivity contribution is 0.332. The van der Waals surface area contributed by atoms with Gasteiger partial charge in [-0.1, -0.05) is 147 Å². The second kappa shape index (κ2) is 13.2. The summed E-state index contributed by atoms with van der Waals surface area (Å²) in [5.41, 5.74) is 23.4. The van der Waals surface area contributed by atoms with Crippen LogP contribution in [0.1, 0.15) is 103 Å². The van der Waals surface area contributed by atoms with Gasteiger partial charge in [0, 0.05) is 55.4 Å². The first-order valence-corrected chi connectivity index (χ1v) is 24.5. The fourth-order valence-electron chi connectivity index (χ4n) is 12.7. The van der Waals surface area contributed by atoms with E-state index in [1.807, 2.05) is 0 Å². The van der Waals surface area contributed by atoms with Gasteiger partial charge in [-0.15, -0.1) is 0 Å². The fourth-order valence-corrected chi connectivity index (χ4v) is 12.7. The number of nitrogens with zero attached hydrogens (tertiary/aromatic N) is 1. The molecule has 3 aromatic heterocycles. The van der Waals surface area contributed by atoms with E-state index < -0.39 is 0 Å². The Hall–Kier alpha value is -6.98. The molecular formula is C63H54BN2O2. The molecule has 2 aliphatic carbocycles. The Bertz CT molecular complexity index is 4030. The van der Waals surface area contributed by atoms with Crippen molar-refractivity contribution < 1.29 is 8.83 Å². The van der Waals surface area contributed by atoms with E-state index >= 15 is 0 Å². The molecule has 1 N–H and O–H groups in total. The Morgan fingerprint density at radius 3 is 1.99 bits per heavy atom. The molecule has 0 saturated heterocycles. The second-order valence-corrected chi connectivity index (χ2v) is 23.0. The highest BCUT2D eigenvalue weighted by Gasteiger charge is 2.41. The van der Waals surface area contributed by atoms with Gasteiger partial charge in [-0.25, -0.2) is 0 Å². The van der Waals surface area contributed by atoms with Crippen LogP contribution in [0, 0.1) is 0 Å². The molecule has 0 unspecified atom stereocenters. The minimum absolute atomic E-state index is 0.0252. The second-order valence-electron chi connectivity index (χ2n) is 23.0. The number of benzene rings is 8. The number of furan rings is 2. The van der Waals surface area contributed by atoms with E-state index in [2.05, 4.69) is 213 Å². The molecule has 5 heteroatoms. The summed E-state index contributed by atoms with van der Waals surface area (Å²) in [6.07, 6.45) is 2.29. The van der Waals surface area contributed by atoms with Gasteiger partial charge < -0.3 is 18.7 Å². The number of hydrogen-bond acceptors (Lipinski definition) is 3. The van der Waals surface area contributed by atoms with Gasteiger partial charge in [0.25, 0.3) is 0 Å². The lowest BCUT2D eigenvalue weighted by Crippen LogP contribution is -2.38. The van der Waals surface area contributed by atoms with Crippen molar-refractivity contribution in [2.45, 2.75) is 96.8 Å². The first kappa shape index (κ1) is 40.1. The molecule has 4 heterocycles. The maximum absolute atomic E-state index is 7.33. The third kappa shape index (κ3) is 5.33. The summed E-state index contributed by atoms with van der Waals surface area (Å²) in [6, 6.07) is 49.8. The molecule has 8 aromatic carbocycles. The predicted molar refractivity (Wildman–Crippen MR) is 287 cm³/mol. The zero-order valence-corrected chi connectivity index (χ0v) is 40.5. The van der Waals surface area contributed by atoms with Gasteiger partial charge in [0.05, 0.1) is 22.1 Å². The van der Waals surface area contributed by atoms with Gasteiger partial charge in [0.15, 0.2) is 7.28 Å². The van der Waals surface area contributed by atoms with Crippen LogP contribution >= 0.6 is 0 Å². The van der Waals surface area contributed by atoms with Crippen LogP contribution in [0.2, 0.25) is 0 Å². The Morgan fingerprint density at radius 1 is 0.559 bits per heavy atom. The standard InChI is InChI=1S/C63H54BN2O2/c1-60(2,3)34-22-24-35(25-23-34)65-48-33-53-40(37-17-11-14-20-51(37)67-53)28-41(48)54-55-38-18-12-15-21-52(38)68-59(55)56-42-29-45-46(62(6,7)27-26-61(45,4)5)32-49(42)66-50-30-39-36-16-10-13-19-43(36)63(8,9)44(39)31-47(50)64-57(54)58(56)66/h10-25,28-33,65H,26-27H2,1-9H3. The smallest absolute Gasteiger partial charge is 0.197 e. The number of rotatable bonds is 3. The van der Waals surface area contributed by atoms with Crippen molar-refractivity contribution in [2.24, 2.45) is 0 Å². The van der Waals surface area contributed by atoms with Crippen LogP contribution in [0.25, 0.3) is 93.6 Å². The van der Waals surface area contributed by atoms with Crippen LogP contribution in [0.4, 0.5) is 11.4 Å². The molecule has 1 radical (unpaired) electrons. The number of hydrogen-bond donors (Lipinski definition) is 1. The summed E-state index contributed by atoms with van der Waals surface area (Å²) >= 11 is 0. The lowest BCUT2D eigenvalue weighted by Gasteiger charge is -2.42. The van der Waals surface area contributed by atoms with Crippen LogP contribution in [0.5, 0.6) is 0 Å². The van der Waals surface area contributed by atoms with Crippen molar-refractivity contribution in [1.82, 2.24) is 4.57 Å². The zero-order chi connectivity index (χ0) is 46.4. The zero-order valence-electron chi connectivity index (χ0n) is 40.5. The molecular weight excluding hydrogens is 828 g/mol. The van der Waals surface area contributed by atoms with Crippen molar-refractivity contribution in [3.8, 4) is 27.9 Å². The maximum atomic E-state index is 7.33. The third-order valence-corrected chi connectivity index (χ3v) is 16.6. The molecule has 68 heavy (non-hydrogen) atoms. The third-order valence-electron chi connectivity index (χ3n) is 16.6.